The second-order valence-corrected chi connectivity index (χ2v) is 3.96. The molecule has 0 aromatic rings. The molecule has 2 fully saturated rings. The average molecular weight is 171 g/mol. The van der Waals surface area contributed by atoms with Crippen LogP contribution in [0.15, 0.2) is 0 Å². The van der Waals surface area contributed by atoms with E-state index in [0.717, 1.165) is 19.6 Å². The molecule has 2 N–H and O–H groups in total. The van der Waals surface area contributed by atoms with E-state index in [9.17, 15) is 0 Å². The molecule has 1 aliphatic heterocycles. The van der Waals surface area contributed by atoms with Gasteiger partial charge in [0.15, 0.2) is 0 Å². The summed E-state index contributed by atoms with van der Waals surface area (Å²) in [5.41, 5.74) is 0.325. The molecule has 1 unspecified atom stereocenters. The van der Waals surface area contributed by atoms with Crippen LogP contribution < -0.4 is 5.32 Å². The number of nitrogens with one attached hydrogen (secondary N) is 1. The molecular formula is C9H17NO2. The van der Waals surface area contributed by atoms with Crippen molar-refractivity contribution in [3.05, 3.63) is 0 Å². The lowest BCUT2D eigenvalue weighted by Crippen LogP contribution is -2.60. The molecule has 1 spiro atoms. The number of aliphatic hydroxyl groups excluding tert-OH is 1. The lowest BCUT2D eigenvalue weighted by atomic mass is 9.76. The first kappa shape index (κ1) is 8.48. The summed E-state index contributed by atoms with van der Waals surface area (Å²) >= 11 is 0. The monoisotopic (exact) mass is 171 g/mol. The highest BCUT2D eigenvalue weighted by Gasteiger charge is 2.40. The maximum atomic E-state index is 8.71. The Kier molecular flexibility index (Phi) is 2.35. The zero-order valence-electron chi connectivity index (χ0n) is 7.38. The molecule has 2 aliphatic rings. The molecule has 1 saturated carbocycles. The van der Waals surface area contributed by atoms with Gasteiger partial charge in [0.05, 0.1) is 12.7 Å². The van der Waals surface area contributed by atoms with Crippen LogP contribution in [-0.2, 0) is 4.74 Å². The Bertz CT molecular complexity index is 147. The standard InChI is InChI=1S/C9H17NO2/c11-5-2-8-6-10-9(7-12-8)3-1-4-9/h8,10-11H,1-7H2. The van der Waals surface area contributed by atoms with E-state index in [1.54, 1.807) is 0 Å². The summed E-state index contributed by atoms with van der Waals surface area (Å²) in [6.07, 6.45) is 4.86. The SMILES string of the molecule is OCCC1CNC2(CCC2)CO1. The molecule has 1 atom stereocenters. The van der Waals surface area contributed by atoms with Crippen molar-refractivity contribution in [2.75, 3.05) is 19.8 Å². The van der Waals surface area contributed by atoms with Crippen LogP contribution in [-0.4, -0.2) is 36.5 Å². The normalized spacial score (nSPS) is 33.2. The summed E-state index contributed by atoms with van der Waals surface area (Å²) in [5, 5.41) is 12.2. The van der Waals surface area contributed by atoms with Crippen LogP contribution in [0.25, 0.3) is 0 Å². The highest BCUT2D eigenvalue weighted by molar-refractivity contribution is 4.98. The summed E-state index contributed by atoms with van der Waals surface area (Å²) in [6, 6.07) is 0. The maximum Gasteiger partial charge on any atom is 0.0722 e. The van der Waals surface area contributed by atoms with Crippen LogP contribution in [0.5, 0.6) is 0 Å². The van der Waals surface area contributed by atoms with Gasteiger partial charge in [0, 0.05) is 18.7 Å². The lowest BCUT2D eigenvalue weighted by molar-refractivity contribution is -0.0670. The van der Waals surface area contributed by atoms with Crippen molar-refractivity contribution < 1.29 is 9.84 Å². The zero-order chi connectivity index (χ0) is 8.44. The fraction of sp³-hybridized carbons (Fsp3) is 1.00. The van der Waals surface area contributed by atoms with Gasteiger partial charge in [-0.05, 0) is 25.7 Å². The highest BCUT2D eigenvalue weighted by atomic mass is 16.5. The minimum Gasteiger partial charge on any atom is -0.396 e. The molecular weight excluding hydrogens is 154 g/mol. The zero-order valence-corrected chi connectivity index (χ0v) is 7.38. The Morgan fingerprint density at radius 1 is 1.50 bits per heavy atom. The maximum absolute atomic E-state index is 8.71. The lowest BCUT2D eigenvalue weighted by Gasteiger charge is -2.47. The van der Waals surface area contributed by atoms with Gasteiger partial charge in [0.25, 0.3) is 0 Å². The van der Waals surface area contributed by atoms with Gasteiger partial charge in [-0.1, -0.05) is 0 Å². The molecule has 0 aromatic heterocycles. The van der Waals surface area contributed by atoms with Gasteiger partial charge in [0.1, 0.15) is 0 Å². The Hall–Kier alpha value is -0.120. The number of hydrogen-bond donors (Lipinski definition) is 2. The van der Waals surface area contributed by atoms with Crippen molar-refractivity contribution >= 4 is 0 Å². The van der Waals surface area contributed by atoms with Crippen LogP contribution in [0, 0.1) is 0 Å². The molecule has 0 bridgehead atoms. The summed E-state index contributed by atoms with van der Waals surface area (Å²) < 4.78 is 5.65. The third-order valence-electron chi connectivity index (χ3n) is 3.06. The quantitative estimate of drug-likeness (QED) is 0.627. The molecule has 0 radical (unpaired) electrons. The van der Waals surface area contributed by atoms with Crippen LogP contribution in [0.2, 0.25) is 0 Å². The molecule has 1 heterocycles. The van der Waals surface area contributed by atoms with Crippen LogP contribution >= 0.6 is 0 Å². The molecule has 3 heteroatoms. The summed E-state index contributed by atoms with van der Waals surface area (Å²) in [6.45, 7) is 2.00. The average Bonchev–Trinajstić information content (AvgIpc) is 2.04. The van der Waals surface area contributed by atoms with E-state index in [4.69, 9.17) is 9.84 Å². The van der Waals surface area contributed by atoms with Gasteiger partial charge in [-0.2, -0.15) is 0 Å². The number of morpholine rings is 1. The van der Waals surface area contributed by atoms with E-state index in [0.29, 0.717) is 5.54 Å². The number of aliphatic hydroxyl groups is 1. The van der Waals surface area contributed by atoms with E-state index >= 15 is 0 Å². The van der Waals surface area contributed by atoms with Crippen molar-refractivity contribution in [3.8, 4) is 0 Å². The van der Waals surface area contributed by atoms with Gasteiger partial charge < -0.3 is 15.2 Å². The van der Waals surface area contributed by atoms with Gasteiger partial charge >= 0.3 is 0 Å². The van der Waals surface area contributed by atoms with E-state index in [-0.39, 0.29) is 12.7 Å². The second kappa shape index (κ2) is 3.32. The molecule has 12 heavy (non-hydrogen) atoms. The number of rotatable bonds is 2. The summed E-state index contributed by atoms with van der Waals surface area (Å²) in [7, 11) is 0. The predicted molar refractivity (Wildman–Crippen MR) is 46.0 cm³/mol. The van der Waals surface area contributed by atoms with Crippen molar-refractivity contribution in [1.82, 2.24) is 5.32 Å². The summed E-state index contributed by atoms with van der Waals surface area (Å²) in [5.74, 6) is 0. The smallest absolute Gasteiger partial charge is 0.0722 e. The third-order valence-corrected chi connectivity index (χ3v) is 3.06. The Balaban J connectivity index is 1.77. The summed E-state index contributed by atoms with van der Waals surface area (Å²) in [4.78, 5) is 0. The van der Waals surface area contributed by atoms with E-state index in [1.165, 1.54) is 19.3 Å². The van der Waals surface area contributed by atoms with Crippen LogP contribution in [0.3, 0.4) is 0 Å². The fourth-order valence-electron chi connectivity index (χ4n) is 1.97. The van der Waals surface area contributed by atoms with Gasteiger partial charge in [0.2, 0.25) is 0 Å². The Labute approximate surface area is 73.1 Å². The minimum absolute atomic E-state index is 0.235. The molecule has 70 valence electrons. The largest absolute Gasteiger partial charge is 0.396 e. The number of ether oxygens (including phenoxy) is 1. The van der Waals surface area contributed by atoms with E-state index < -0.39 is 0 Å². The molecule has 1 aliphatic carbocycles. The number of hydrogen-bond acceptors (Lipinski definition) is 3. The topological polar surface area (TPSA) is 41.5 Å². The van der Waals surface area contributed by atoms with Crippen molar-refractivity contribution in [1.29, 1.82) is 0 Å². The van der Waals surface area contributed by atoms with Crippen LogP contribution in [0.4, 0.5) is 0 Å². The highest BCUT2D eigenvalue weighted by Crippen LogP contribution is 2.34. The third kappa shape index (κ3) is 1.49. The van der Waals surface area contributed by atoms with Crippen molar-refractivity contribution in [2.45, 2.75) is 37.3 Å². The van der Waals surface area contributed by atoms with E-state index in [2.05, 4.69) is 5.32 Å². The van der Waals surface area contributed by atoms with Crippen molar-refractivity contribution in [3.63, 3.8) is 0 Å². The van der Waals surface area contributed by atoms with E-state index in [1.807, 2.05) is 0 Å². The molecule has 2 rings (SSSR count). The second-order valence-electron chi connectivity index (χ2n) is 3.96. The first-order chi connectivity index (χ1) is 5.85. The van der Waals surface area contributed by atoms with Gasteiger partial charge in [-0.3, -0.25) is 0 Å². The fourth-order valence-corrected chi connectivity index (χ4v) is 1.97. The minimum atomic E-state index is 0.235. The Morgan fingerprint density at radius 2 is 2.33 bits per heavy atom. The van der Waals surface area contributed by atoms with Gasteiger partial charge in [-0.25, -0.2) is 0 Å². The molecule has 1 saturated heterocycles. The predicted octanol–water partition coefficient (Wildman–Crippen LogP) is 0.280. The van der Waals surface area contributed by atoms with Crippen LogP contribution in [0.1, 0.15) is 25.7 Å². The Morgan fingerprint density at radius 3 is 2.75 bits per heavy atom. The first-order valence-electron chi connectivity index (χ1n) is 4.82. The first-order valence-corrected chi connectivity index (χ1v) is 4.82. The molecule has 0 amide bonds. The van der Waals surface area contributed by atoms with Crippen molar-refractivity contribution in [2.24, 2.45) is 0 Å². The van der Waals surface area contributed by atoms with Gasteiger partial charge in [-0.15, -0.1) is 0 Å². The molecule has 0 aromatic carbocycles. The molecule has 3 nitrogen and oxygen atoms in total.